The van der Waals surface area contributed by atoms with Crippen LogP contribution in [0.1, 0.15) is 0 Å². The average molecular weight is 1730 g/mol. The molecule has 0 saturated carbocycles. The maximum Gasteiger partial charge on any atom is 0.164 e. The fourth-order valence-electron chi connectivity index (χ4n) is 18.3. The summed E-state index contributed by atoms with van der Waals surface area (Å²) >= 11 is 0. The zero-order chi connectivity index (χ0) is 89.5. The molecule has 0 bridgehead atoms. The van der Waals surface area contributed by atoms with Gasteiger partial charge in [-0.3, -0.25) is 0 Å². The van der Waals surface area contributed by atoms with Gasteiger partial charge < -0.3 is 13.3 Å². The first kappa shape index (κ1) is 80.0. The highest BCUT2D eigenvalue weighted by Crippen LogP contribution is 2.44. The fraction of sp³-hybridized carbons (Fsp3) is 0. The van der Waals surface area contributed by atoms with Gasteiger partial charge in [-0.15, -0.1) is 0 Å². The van der Waals surface area contributed by atoms with Gasteiger partial charge in [0.1, 0.15) is 33.5 Å². The molecule has 20 aromatic carbocycles. The van der Waals surface area contributed by atoms with Crippen LogP contribution in [-0.4, -0.2) is 44.9 Å². The van der Waals surface area contributed by atoms with Crippen LogP contribution in [-0.2, 0) is 0 Å². The lowest BCUT2D eigenvalue weighted by molar-refractivity contribution is 0.668. The summed E-state index contributed by atoms with van der Waals surface area (Å²) in [6.45, 7) is 0. The van der Waals surface area contributed by atoms with E-state index in [0.717, 1.165) is 193 Å². The smallest absolute Gasteiger partial charge is 0.164 e. The highest BCUT2D eigenvalue weighted by atomic mass is 16.3. The molecule has 632 valence electrons. The quantitative estimate of drug-likeness (QED) is 0.102. The molecule has 6 aromatic heterocycles. The number of benzene rings is 20. The fourth-order valence-corrected chi connectivity index (χ4v) is 18.3. The molecule has 0 unspecified atom stereocenters. The van der Waals surface area contributed by atoms with Crippen LogP contribution in [0.4, 0.5) is 0 Å². The largest absolute Gasteiger partial charge is 0.456 e. The Labute approximate surface area is 776 Å². The second kappa shape index (κ2) is 34.9. The molecule has 26 aromatic rings. The molecule has 0 fully saturated rings. The van der Waals surface area contributed by atoms with Gasteiger partial charge in [-0.2, -0.15) is 0 Å². The van der Waals surface area contributed by atoms with Crippen molar-refractivity contribution < 1.29 is 13.3 Å². The van der Waals surface area contributed by atoms with E-state index in [1.165, 1.54) is 10.8 Å². The Morgan fingerprint density at radius 2 is 0.385 bits per heavy atom. The lowest BCUT2D eigenvalue weighted by Crippen LogP contribution is -2.00. The molecule has 12 heteroatoms. The van der Waals surface area contributed by atoms with Gasteiger partial charge in [0.2, 0.25) is 0 Å². The minimum absolute atomic E-state index is 0.638. The lowest BCUT2D eigenvalue weighted by Gasteiger charge is -2.14. The molecule has 26 rings (SSSR count). The zero-order valence-corrected chi connectivity index (χ0v) is 72.7. The predicted octanol–water partition coefficient (Wildman–Crippen LogP) is 32.1. The summed E-state index contributed by atoms with van der Waals surface area (Å²) in [4.78, 5) is 44.6. The summed E-state index contributed by atoms with van der Waals surface area (Å²) in [5, 5.41) is 13.6. The van der Waals surface area contributed by atoms with E-state index in [1.54, 1.807) is 0 Å². The summed E-state index contributed by atoms with van der Waals surface area (Å²) in [6.07, 6.45) is 0. The molecular weight excluding hydrogens is 1650 g/mol. The normalized spacial score (nSPS) is 11.4. The molecule has 0 N–H and O–H groups in total. The number of furan rings is 3. The Hall–Kier alpha value is -18.4. The second-order valence-corrected chi connectivity index (χ2v) is 33.4. The Bertz CT molecular complexity index is 8800. The SMILES string of the molecule is c1ccc(-c2nc(-c3ccccc3)nc(-c3ccc(-c4cccc(-c5cccc6oc7ccccc7c56)c4)c4ccccc34)n2)cc1.c1ccc(-c2nc(-c3ccccc3)nc(-c3cccc(-c4cccc(-c5cccc6oc7ccccc7c56)c4)c3)n2)cc1.c1ccc2cc(-c3nc(-c4ccc(-c5ccc6oc7ccccc7c6c5)cc4)nc(-c4ccc5ccccc5c4)n3)ccc2c1. The van der Waals surface area contributed by atoms with Gasteiger partial charge in [0.15, 0.2) is 52.4 Å². The Kier molecular flexibility index (Phi) is 20.7. The molecule has 0 saturated heterocycles. The zero-order valence-electron chi connectivity index (χ0n) is 72.7. The van der Waals surface area contributed by atoms with Crippen molar-refractivity contribution >= 4 is 98.1 Å². The van der Waals surface area contributed by atoms with Crippen molar-refractivity contribution in [2.24, 2.45) is 0 Å². The molecule has 0 amide bonds. The number of hydrogen-bond acceptors (Lipinski definition) is 12. The van der Waals surface area contributed by atoms with Crippen LogP contribution in [0.2, 0.25) is 0 Å². The van der Waals surface area contributed by atoms with E-state index in [-0.39, 0.29) is 0 Å². The van der Waals surface area contributed by atoms with Crippen molar-refractivity contribution in [1.82, 2.24) is 44.9 Å². The molecule has 0 radical (unpaired) electrons. The van der Waals surface area contributed by atoms with Crippen LogP contribution in [0.25, 0.3) is 256 Å². The minimum atomic E-state index is 0.638. The van der Waals surface area contributed by atoms with Gasteiger partial charge >= 0.3 is 0 Å². The van der Waals surface area contributed by atoms with Crippen molar-refractivity contribution in [3.63, 3.8) is 0 Å². The van der Waals surface area contributed by atoms with Gasteiger partial charge in [0.25, 0.3) is 0 Å². The number of fused-ring (bicyclic) bond motifs is 12. The topological polar surface area (TPSA) is 155 Å². The highest BCUT2D eigenvalue weighted by Gasteiger charge is 2.23. The van der Waals surface area contributed by atoms with E-state index >= 15 is 0 Å². The number of aromatic nitrogens is 9. The Balaban J connectivity index is 0.000000111. The van der Waals surface area contributed by atoms with Gasteiger partial charge in [0.05, 0.1) is 0 Å². The molecule has 0 aliphatic rings. The molecule has 0 aliphatic heterocycles. The van der Waals surface area contributed by atoms with Crippen molar-refractivity contribution in [1.29, 1.82) is 0 Å². The first-order valence-electron chi connectivity index (χ1n) is 45.0. The third-order valence-electron chi connectivity index (χ3n) is 25.0. The van der Waals surface area contributed by atoms with E-state index in [1.807, 2.05) is 176 Å². The van der Waals surface area contributed by atoms with Crippen molar-refractivity contribution in [3.05, 3.63) is 467 Å². The molecular formula is C123H77N9O3. The van der Waals surface area contributed by atoms with E-state index in [9.17, 15) is 0 Å². The van der Waals surface area contributed by atoms with Crippen LogP contribution < -0.4 is 0 Å². The summed E-state index contributed by atoms with van der Waals surface area (Å²) in [6, 6.07) is 160. The highest BCUT2D eigenvalue weighted by molar-refractivity contribution is 6.15. The van der Waals surface area contributed by atoms with Gasteiger partial charge in [-0.25, -0.2) is 44.9 Å². The van der Waals surface area contributed by atoms with E-state index < -0.39 is 0 Å². The number of rotatable bonds is 14. The predicted molar refractivity (Wildman–Crippen MR) is 550 cm³/mol. The van der Waals surface area contributed by atoms with Crippen LogP contribution in [0.15, 0.2) is 480 Å². The molecule has 0 atom stereocenters. The maximum absolute atomic E-state index is 6.20. The Morgan fingerprint density at radius 3 is 0.852 bits per heavy atom. The summed E-state index contributed by atoms with van der Waals surface area (Å²) in [7, 11) is 0. The molecule has 6 heterocycles. The molecule has 135 heavy (non-hydrogen) atoms. The Morgan fingerprint density at radius 1 is 0.119 bits per heavy atom. The third kappa shape index (κ3) is 15.8. The number of nitrogens with zero attached hydrogens (tertiary/aromatic N) is 9. The minimum Gasteiger partial charge on any atom is -0.456 e. The maximum atomic E-state index is 6.20. The second-order valence-electron chi connectivity index (χ2n) is 33.4. The summed E-state index contributed by atoms with van der Waals surface area (Å²) < 4.78 is 18.4. The number of para-hydroxylation sites is 3. The summed E-state index contributed by atoms with van der Waals surface area (Å²) in [5.74, 6) is 5.82. The van der Waals surface area contributed by atoms with E-state index in [0.29, 0.717) is 52.4 Å². The van der Waals surface area contributed by atoms with Crippen LogP contribution in [0, 0.1) is 0 Å². The van der Waals surface area contributed by atoms with E-state index in [2.05, 4.69) is 291 Å². The molecule has 0 aliphatic carbocycles. The monoisotopic (exact) mass is 1730 g/mol. The molecule has 12 nitrogen and oxygen atoms in total. The number of hydrogen-bond donors (Lipinski definition) is 0. The van der Waals surface area contributed by atoms with Crippen molar-refractivity contribution in [3.8, 4) is 158 Å². The van der Waals surface area contributed by atoms with Gasteiger partial charge in [-0.05, 0) is 167 Å². The average Bonchev–Trinajstić information content (AvgIpc) is 1.06. The first-order chi connectivity index (χ1) is 66.8. The first-order valence-corrected chi connectivity index (χ1v) is 45.0. The van der Waals surface area contributed by atoms with Crippen LogP contribution in [0.5, 0.6) is 0 Å². The van der Waals surface area contributed by atoms with Gasteiger partial charge in [-0.1, -0.05) is 388 Å². The van der Waals surface area contributed by atoms with Crippen LogP contribution >= 0.6 is 0 Å². The summed E-state index contributed by atoms with van der Waals surface area (Å²) in [5.41, 5.74) is 25.2. The van der Waals surface area contributed by atoms with Crippen molar-refractivity contribution in [2.75, 3.05) is 0 Å². The standard InChI is InChI=1S/C43H27N3O.C41H25N3O.C39H25N3O/c1-3-13-28(14-4-1)41-44-42(29-15-5-2-6-16-29)46-43(45-41)36-26-25-32(34-19-7-8-20-35(34)36)30-17-11-18-31(27-30)33-22-12-24-39-40(33)37-21-9-10-23-38(37)47-39;1-3-9-30-23-33(19-15-26(30)7-1)40-42-39(43-41(44-40)34-20-16-27-8-2-4-10-31(27)24-34)29-17-13-28(14-18-29)32-21-22-38-36(25-32)35-11-5-6-12-37(35)45-38;1-3-12-26(13-4-1)37-40-38(27-14-5-2-6-15-27)42-39(41-37)31-19-10-17-29(25-31)28-16-9-18-30(24-28)32-21-11-23-35-36(32)33-20-7-8-22-34(33)43-35/h1-27H;1-25H;1-25H. The molecule has 0 spiro atoms. The third-order valence-corrected chi connectivity index (χ3v) is 25.0. The van der Waals surface area contributed by atoms with Crippen molar-refractivity contribution in [2.45, 2.75) is 0 Å². The van der Waals surface area contributed by atoms with Gasteiger partial charge in [0, 0.05) is 82.4 Å². The lowest BCUT2D eigenvalue weighted by atomic mass is 9.92. The van der Waals surface area contributed by atoms with E-state index in [4.69, 9.17) is 58.1 Å². The van der Waals surface area contributed by atoms with Crippen LogP contribution in [0.3, 0.4) is 0 Å².